The van der Waals surface area contributed by atoms with E-state index in [1.165, 1.54) is 10.8 Å². The van der Waals surface area contributed by atoms with Crippen molar-refractivity contribution in [1.82, 2.24) is 9.55 Å². The highest BCUT2D eigenvalue weighted by Crippen LogP contribution is 2.22. The van der Waals surface area contributed by atoms with Gasteiger partial charge >= 0.3 is 0 Å². The van der Waals surface area contributed by atoms with Crippen molar-refractivity contribution in [3.8, 4) is 5.69 Å². The van der Waals surface area contributed by atoms with E-state index in [1.807, 2.05) is 30.5 Å². The van der Waals surface area contributed by atoms with Crippen LogP contribution in [0.25, 0.3) is 16.5 Å². The number of aromatic nitrogens is 2. The molecule has 96 valence electrons. The van der Waals surface area contributed by atoms with Crippen LogP contribution in [0.1, 0.15) is 17.2 Å². The van der Waals surface area contributed by atoms with Crippen molar-refractivity contribution in [3.63, 3.8) is 0 Å². The molecule has 0 aliphatic carbocycles. The van der Waals surface area contributed by atoms with E-state index in [4.69, 9.17) is 0 Å². The van der Waals surface area contributed by atoms with Gasteiger partial charge in [-0.1, -0.05) is 30.3 Å². The van der Waals surface area contributed by atoms with E-state index >= 15 is 0 Å². The molecule has 1 aromatic heterocycles. The number of benzene rings is 2. The monoisotopic (exact) mass is 252 g/mol. The van der Waals surface area contributed by atoms with Gasteiger partial charge in [-0.25, -0.2) is 4.98 Å². The van der Waals surface area contributed by atoms with E-state index in [9.17, 15) is 5.11 Å². The molecule has 0 saturated carbocycles. The van der Waals surface area contributed by atoms with Gasteiger partial charge in [0.1, 0.15) is 5.82 Å². The van der Waals surface area contributed by atoms with Crippen LogP contribution in [0.3, 0.4) is 0 Å². The topological polar surface area (TPSA) is 38.0 Å². The van der Waals surface area contributed by atoms with Crippen LogP contribution >= 0.6 is 0 Å². The number of imidazole rings is 1. The number of aryl methyl sites for hydroxylation is 2. The fourth-order valence-electron chi connectivity index (χ4n) is 2.56. The van der Waals surface area contributed by atoms with Crippen LogP contribution in [-0.4, -0.2) is 14.7 Å². The standard InChI is InChI=1S/C16H16N2O/c1-11-16(10-19)18(12(2)17-11)15-8-7-13-5-3-4-6-14(13)9-15/h3-9,19H,10H2,1-2H3. The van der Waals surface area contributed by atoms with Crippen molar-refractivity contribution in [2.75, 3.05) is 0 Å². The fraction of sp³-hybridized carbons (Fsp3) is 0.188. The van der Waals surface area contributed by atoms with Gasteiger partial charge in [-0.2, -0.15) is 0 Å². The van der Waals surface area contributed by atoms with E-state index in [1.54, 1.807) is 0 Å². The second kappa shape index (κ2) is 4.52. The molecule has 19 heavy (non-hydrogen) atoms. The summed E-state index contributed by atoms with van der Waals surface area (Å²) in [6.07, 6.45) is 0. The molecule has 0 bridgehead atoms. The van der Waals surface area contributed by atoms with E-state index in [0.29, 0.717) is 0 Å². The first-order valence-electron chi connectivity index (χ1n) is 6.35. The summed E-state index contributed by atoms with van der Waals surface area (Å²) < 4.78 is 2.02. The molecule has 0 fully saturated rings. The first-order valence-corrected chi connectivity index (χ1v) is 6.35. The Morgan fingerprint density at radius 1 is 1.05 bits per heavy atom. The zero-order valence-corrected chi connectivity index (χ0v) is 11.1. The van der Waals surface area contributed by atoms with Gasteiger partial charge in [-0.05, 0) is 36.8 Å². The van der Waals surface area contributed by atoms with Gasteiger partial charge < -0.3 is 5.11 Å². The highest BCUT2D eigenvalue weighted by Gasteiger charge is 2.12. The van der Waals surface area contributed by atoms with Gasteiger partial charge in [0.25, 0.3) is 0 Å². The quantitative estimate of drug-likeness (QED) is 0.761. The highest BCUT2D eigenvalue weighted by atomic mass is 16.3. The minimum atomic E-state index is -0.000496. The number of rotatable bonds is 2. The molecule has 0 atom stereocenters. The van der Waals surface area contributed by atoms with Crippen molar-refractivity contribution < 1.29 is 5.11 Å². The van der Waals surface area contributed by atoms with E-state index in [-0.39, 0.29) is 6.61 Å². The molecular formula is C16H16N2O. The Morgan fingerprint density at radius 3 is 2.53 bits per heavy atom. The van der Waals surface area contributed by atoms with Crippen LogP contribution in [-0.2, 0) is 6.61 Å². The molecule has 0 saturated heterocycles. The van der Waals surface area contributed by atoms with Gasteiger partial charge in [0.15, 0.2) is 0 Å². The minimum absolute atomic E-state index is 0.000496. The molecule has 2 aromatic carbocycles. The van der Waals surface area contributed by atoms with E-state index < -0.39 is 0 Å². The summed E-state index contributed by atoms with van der Waals surface area (Å²) in [7, 11) is 0. The number of fused-ring (bicyclic) bond motifs is 1. The Labute approximate surface area is 112 Å². The Bertz CT molecular complexity index is 744. The average molecular weight is 252 g/mol. The summed E-state index contributed by atoms with van der Waals surface area (Å²) in [5.74, 6) is 0.900. The summed E-state index contributed by atoms with van der Waals surface area (Å²) in [6.45, 7) is 3.89. The average Bonchev–Trinajstić information content (AvgIpc) is 2.72. The predicted molar refractivity (Wildman–Crippen MR) is 76.5 cm³/mol. The fourth-order valence-corrected chi connectivity index (χ4v) is 2.56. The second-order valence-corrected chi connectivity index (χ2v) is 4.72. The molecule has 0 radical (unpaired) electrons. The first-order chi connectivity index (χ1) is 9.20. The zero-order chi connectivity index (χ0) is 13.4. The molecular weight excluding hydrogens is 236 g/mol. The molecule has 1 heterocycles. The lowest BCUT2D eigenvalue weighted by Gasteiger charge is -2.10. The van der Waals surface area contributed by atoms with Crippen molar-refractivity contribution in [1.29, 1.82) is 0 Å². The van der Waals surface area contributed by atoms with Gasteiger partial charge in [-0.3, -0.25) is 4.57 Å². The van der Waals surface area contributed by atoms with Gasteiger partial charge in [0, 0.05) is 5.69 Å². The van der Waals surface area contributed by atoms with Crippen molar-refractivity contribution >= 4 is 10.8 Å². The Hall–Kier alpha value is -2.13. The maximum absolute atomic E-state index is 9.53. The molecule has 0 aliphatic rings. The molecule has 3 rings (SSSR count). The predicted octanol–water partition coefficient (Wildman–Crippen LogP) is 3.13. The summed E-state index contributed by atoms with van der Waals surface area (Å²) in [6, 6.07) is 14.5. The van der Waals surface area contributed by atoms with Crippen molar-refractivity contribution in [2.24, 2.45) is 0 Å². The lowest BCUT2D eigenvalue weighted by atomic mass is 10.1. The number of hydrogen-bond donors (Lipinski definition) is 1. The molecule has 0 unspecified atom stereocenters. The number of aliphatic hydroxyl groups excluding tert-OH is 1. The Balaban J connectivity index is 2.24. The molecule has 0 spiro atoms. The normalized spacial score (nSPS) is 11.1. The minimum Gasteiger partial charge on any atom is -0.390 e. The lowest BCUT2D eigenvalue weighted by Crippen LogP contribution is -2.02. The maximum atomic E-state index is 9.53. The summed E-state index contributed by atoms with van der Waals surface area (Å²) in [5.41, 5.74) is 2.78. The van der Waals surface area contributed by atoms with Gasteiger partial charge in [0.2, 0.25) is 0 Å². The lowest BCUT2D eigenvalue weighted by molar-refractivity contribution is 0.273. The molecule has 0 aliphatic heterocycles. The van der Waals surface area contributed by atoms with Crippen LogP contribution in [0.2, 0.25) is 0 Å². The number of aliphatic hydroxyl groups is 1. The van der Waals surface area contributed by atoms with E-state index in [0.717, 1.165) is 22.9 Å². The van der Waals surface area contributed by atoms with Crippen LogP contribution in [0.15, 0.2) is 42.5 Å². The SMILES string of the molecule is Cc1nc(C)n(-c2ccc3ccccc3c2)c1CO. The number of hydrogen-bond acceptors (Lipinski definition) is 2. The van der Waals surface area contributed by atoms with Gasteiger partial charge in [-0.15, -0.1) is 0 Å². The Kier molecular flexibility index (Phi) is 2.84. The zero-order valence-electron chi connectivity index (χ0n) is 11.1. The van der Waals surface area contributed by atoms with Gasteiger partial charge in [0.05, 0.1) is 18.0 Å². The Morgan fingerprint density at radius 2 is 1.79 bits per heavy atom. The largest absolute Gasteiger partial charge is 0.390 e. The third-order valence-electron chi connectivity index (χ3n) is 3.48. The van der Waals surface area contributed by atoms with Crippen LogP contribution in [0.5, 0.6) is 0 Å². The van der Waals surface area contributed by atoms with Crippen LogP contribution < -0.4 is 0 Å². The van der Waals surface area contributed by atoms with Crippen LogP contribution in [0, 0.1) is 13.8 Å². The third kappa shape index (κ3) is 1.92. The van der Waals surface area contributed by atoms with Crippen molar-refractivity contribution in [2.45, 2.75) is 20.5 Å². The summed E-state index contributed by atoms with van der Waals surface area (Å²) in [5, 5.41) is 11.9. The smallest absolute Gasteiger partial charge is 0.110 e. The second-order valence-electron chi connectivity index (χ2n) is 4.72. The van der Waals surface area contributed by atoms with Crippen LogP contribution in [0.4, 0.5) is 0 Å². The molecule has 0 amide bonds. The molecule has 3 aromatic rings. The summed E-state index contributed by atoms with van der Waals surface area (Å²) in [4.78, 5) is 4.44. The molecule has 3 nitrogen and oxygen atoms in total. The molecule has 3 heteroatoms. The number of nitrogens with zero attached hydrogens (tertiary/aromatic N) is 2. The highest BCUT2D eigenvalue weighted by molar-refractivity contribution is 5.84. The molecule has 1 N–H and O–H groups in total. The van der Waals surface area contributed by atoms with E-state index in [2.05, 4.69) is 35.3 Å². The van der Waals surface area contributed by atoms with Crippen molar-refractivity contribution in [3.05, 3.63) is 59.7 Å². The third-order valence-corrected chi connectivity index (χ3v) is 3.48. The summed E-state index contributed by atoms with van der Waals surface area (Å²) >= 11 is 0. The first kappa shape index (κ1) is 11.9. The maximum Gasteiger partial charge on any atom is 0.110 e.